The number of ether oxygens (including phenoxy) is 2. The minimum absolute atomic E-state index is 0.284. The van der Waals surface area contributed by atoms with E-state index in [2.05, 4.69) is 12.2 Å². The van der Waals surface area contributed by atoms with E-state index in [1.807, 2.05) is 6.92 Å². The predicted molar refractivity (Wildman–Crippen MR) is 113 cm³/mol. The van der Waals surface area contributed by atoms with Gasteiger partial charge in [-0.15, -0.1) is 0 Å². The summed E-state index contributed by atoms with van der Waals surface area (Å²) in [4.78, 5) is 24.6. The largest absolute Gasteiger partial charge is 0.464 e. The number of unbranched alkanes of at least 4 members (excludes halogenated alkanes) is 10. The van der Waals surface area contributed by atoms with Gasteiger partial charge in [0.2, 0.25) is 0 Å². The van der Waals surface area contributed by atoms with E-state index in [1.165, 1.54) is 51.4 Å². The molecular weight excluding hydrogens is 354 g/mol. The summed E-state index contributed by atoms with van der Waals surface area (Å²) < 4.78 is 10.7. The first-order valence-electron chi connectivity index (χ1n) is 11.8. The number of alkyl carbamates (subject to hydrolysis) is 1. The molecule has 1 amide bonds. The number of carbonyl (C=O) groups excluding carboxylic acids is 2. The molecule has 0 heterocycles. The maximum Gasteiger partial charge on any atom is 0.408 e. The van der Waals surface area contributed by atoms with E-state index >= 15 is 0 Å². The zero-order valence-electron chi connectivity index (χ0n) is 18.4. The van der Waals surface area contributed by atoms with Crippen LogP contribution in [0.25, 0.3) is 0 Å². The van der Waals surface area contributed by atoms with E-state index in [0.717, 1.165) is 38.5 Å². The standard InChI is InChI=1S/C23H43NO4/c1-3-5-7-8-9-10-11-12-13-16-20-27-21(25)23(17-14-15-18-23)24-22(26)28-19-6-4-2/h3-20H2,1-2H3,(H,24,26). The molecule has 0 bridgehead atoms. The number of rotatable bonds is 16. The lowest BCUT2D eigenvalue weighted by Gasteiger charge is -2.27. The van der Waals surface area contributed by atoms with Crippen molar-refractivity contribution in [1.82, 2.24) is 5.32 Å². The first-order valence-corrected chi connectivity index (χ1v) is 11.8. The molecule has 0 aliphatic heterocycles. The summed E-state index contributed by atoms with van der Waals surface area (Å²) in [5.41, 5.74) is -0.873. The van der Waals surface area contributed by atoms with Gasteiger partial charge in [-0.2, -0.15) is 0 Å². The van der Waals surface area contributed by atoms with E-state index in [1.54, 1.807) is 0 Å². The summed E-state index contributed by atoms with van der Waals surface area (Å²) in [7, 11) is 0. The van der Waals surface area contributed by atoms with E-state index in [4.69, 9.17) is 9.47 Å². The van der Waals surface area contributed by atoms with Gasteiger partial charge in [-0.1, -0.05) is 90.9 Å². The van der Waals surface area contributed by atoms with E-state index in [-0.39, 0.29) is 5.97 Å². The average molecular weight is 398 g/mol. The second kappa shape index (κ2) is 15.6. The highest BCUT2D eigenvalue weighted by molar-refractivity contribution is 5.86. The van der Waals surface area contributed by atoms with Crippen molar-refractivity contribution in [2.45, 2.75) is 122 Å². The molecule has 0 aromatic rings. The molecule has 1 aliphatic carbocycles. The Morgan fingerprint density at radius 2 is 1.21 bits per heavy atom. The molecular formula is C23H43NO4. The van der Waals surface area contributed by atoms with Gasteiger partial charge in [-0.25, -0.2) is 9.59 Å². The van der Waals surface area contributed by atoms with Crippen molar-refractivity contribution >= 4 is 12.1 Å². The first kappa shape index (κ1) is 24.8. The average Bonchev–Trinajstić information content (AvgIpc) is 3.15. The summed E-state index contributed by atoms with van der Waals surface area (Å²) in [6.45, 7) is 5.14. The quantitative estimate of drug-likeness (QED) is 0.245. The van der Waals surface area contributed by atoms with Crippen molar-refractivity contribution in [3.05, 3.63) is 0 Å². The van der Waals surface area contributed by atoms with E-state index < -0.39 is 11.6 Å². The normalized spacial score (nSPS) is 15.4. The smallest absolute Gasteiger partial charge is 0.408 e. The Morgan fingerprint density at radius 1 is 0.714 bits per heavy atom. The maximum atomic E-state index is 12.6. The molecule has 0 saturated heterocycles. The van der Waals surface area contributed by atoms with E-state index in [0.29, 0.717) is 26.1 Å². The fourth-order valence-corrected chi connectivity index (χ4v) is 3.79. The Bertz CT molecular complexity index is 419. The highest BCUT2D eigenvalue weighted by atomic mass is 16.6. The maximum absolute atomic E-state index is 12.6. The van der Waals surface area contributed by atoms with Crippen molar-refractivity contribution in [2.24, 2.45) is 0 Å². The number of carbonyl (C=O) groups is 2. The van der Waals surface area contributed by atoms with Crippen LogP contribution in [0.3, 0.4) is 0 Å². The van der Waals surface area contributed by atoms with Crippen LogP contribution in [0.2, 0.25) is 0 Å². The molecule has 1 rings (SSSR count). The fraction of sp³-hybridized carbons (Fsp3) is 0.913. The lowest BCUT2D eigenvalue weighted by Crippen LogP contribution is -2.53. The fourth-order valence-electron chi connectivity index (χ4n) is 3.79. The highest BCUT2D eigenvalue weighted by Crippen LogP contribution is 2.31. The summed E-state index contributed by atoms with van der Waals surface area (Å²) in [6.07, 6.45) is 17.0. The Kier molecular flexibility index (Phi) is 13.8. The predicted octanol–water partition coefficient (Wildman–Crippen LogP) is 6.29. The van der Waals surface area contributed by atoms with Crippen molar-refractivity contribution in [3.63, 3.8) is 0 Å². The minimum Gasteiger partial charge on any atom is -0.464 e. The third-order valence-corrected chi connectivity index (χ3v) is 5.65. The second-order valence-electron chi connectivity index (χ2n) is 8.22. The van der Waals surface area contributed by atoms with Gasteiger partial charge in [0.25, 0.3) is 0 Å². The number of hydrogen-bond donors (Lipinski definition) is 1. The van der Waals surface area contributed by atoms with Crippen LogP contribution in [0, 0.1) is 0 Å². The third kappa shape index (κ3) is 10.3. The molecule has 0 spiro atoms. The summed E-state index contributed by atoms with van der Waals surface area (Å²) >= 11 is 0. The molecule has 28 heavy (non-hydrogen) atoms. The monoisotopic (exact) mass is 397 g/mol. The van der Waals surface area contributed by atoms with Crippen LogP contribution in [0.5, 0.6) is 0 Å². The van der Waals surface area contributed by atoms with Crippen molar-refractivity contribution < 1.29 is 19.1 Å². The van der Waals surface area contributed by atoms with Gasteiger partial charge in [-0.3, -0.25) is 0 Å². The molecule has 0 unspecified atom stereocenters. The lowest BCUT2D eigenvalue weighted by atomic mass is 9.98. The first-order chi connectivity index (χ1) is 13.6. The number of amides is 1. The zero-order valence-corrected chi connectivity index (χ0v) is 18.4. The Morgan fingerprint density at radius 3 is 1.79 bits per heavy atom. The number of hydrogen-bond acceptors (Lipinski definition) is 4. The van der Waals surface area contributed by atoms with Crippen LogP contribution in [-0.2, 0) is 14.3 Å². The second-order valence-corrected chi connectivity index (χ2v) is 8.22. The molecule has 1 N–H and O–H groups in total. The van der Waals surface area contributed by atoms with Crippen molar-refractivity contribution in [3.8, 4) is 0 Å². The third-order valence-electron chi connectivity index (χ3n) is 5.65. The van der Waals surface area contributed by atoms with Crippen LogP contribution in [0.15, 0.2) is 0 Å². The van der Waals surface area contributed by atoms with Gasteiger partial charge in [-0.05, 0) is 25.7 Å². The van der Waals surface area contributed by atoms with Crippen LogP contribution >= 0.6 is 0 Å². The van der Waals surface area contributed by atoms with Gasteiger partial charge >= 0.3 is 12.1 Å². The van der Waals surface area contributed by atoms with Crippen LogP contribution in [-0.4, -0.2) is 30.8 Å². The van der Waals surface area contributed by atoms with Gasteiger partial charge in [0, 0.05) is 0 Å². The molecule has 0 aromatic heterocycles. The van der Waals surface area contributed by atoms with Crippen LogP contribution < -0.4 is 5.32 Å². The minimum atomic E-state index is -0.873. The molecule has 0 radical (unpaired) electrons. The molecule has 5 nitrogen and oxygen atoms in total. The van der Waals surface area contributed by atoms with Gasteiger partial charge in [0.05, 0.1) is 13.2 Å². The number of esters is 1. The molecule has 0 atom stereocenters. The van der Waals surface area contributed by atoms with E-state index in [9.17, 15) is 9.59 Å². The SMILES string of the molecule is CCCCCCCCCCCCOC(=O)C1(NC(=O)OCCCC)CCCC1. The van der Waals surface area contributed by atoms with Gasteiger partial charge in [0.15, 0.2) is 0 Å². The number of nitrogens with one attached hydrogen (secondary N) is 1. The summed E-state index contributed by atoms with van der Waals surface area (Å²) in [6, 6.07) is 0. The van der Waals surface area contributed by atoms with Crippen molar-refractivity contribution in [2.75, 3.05) is 13.2 Å². The van der Waals surface area contributed by atoms with Crippen molar-refractivity contribution in [1.29, 1.82) is 0 Å². The molecule has 1 fully saturated rings. The van der Waals surface area contributed by atoms with Crippen LogP contribution in [0.4, 0.5) is 4.79 Å². The Labute approximate surface area is 172 Å². The van der Waals surface area contributed by atoms with Crippen LogP contribution in [0.1, 0.15) is 117 Å². The van der Waals surface area contributed by atoms with Gasteiger partial charge < -0.3 is 14.8 Å². The highest BCUT2D eigenvalue weighted by Gasteiger charge is 2.44. The lowest BCUT2D eigenvalue weighted by molar-refractivity contribution is -0.151. The Balaban J connectivity index is 2.15. The molecule has 5 heteroatoms. The Hall–Kier alpha value is -1.26. The molecule has 164 valence electrons. The van der Waals surface area contributed by atoms with Gasteiger partial charge in [0.1, 0.15) is 5.54 Å². The topological polar surface area (TPSA) is 64.6 Å². The molecule has 1 aliphatic rings. The summed E-state index contributed by atoms with van der Waals surface area (Å²) in [5.74, 6) is -0.284. The zero-order chi connectivity index (χ0) is 20.5. The molecule has 1 saturated carbocycles. The molecule has 0 aromatic carbocycles. The summed E-state index contributed by atoms with van der Waals surface area (Å²) in [5, 5.41) is 2.81.